The number of hydrogen-bond donors (Lipinski definition) is 3. The molecule has 0 bridgehead atoms. The summed E-state index contributed by atoms with van der Waals surface area (Å²) in [7, 11) is 0.939. The van der Waals surface area contributed by atoms with Crippen molar-refractivity contribution in [1.29, 1.82) is 0 Å². The Morgan fingerprint density at radius 2 is 1.69 bits per heavy atom. The number of amides is 2. The van der Waals surface area contributed by atoms with E-state index < -0.39 is 24.8 Å². The van der Waals surface area contributed by atoms with Gasteiger partial charge in [-0.15, -0.1) is 0 Å². The number of carbonyl (C=O) groups excluding carboxylic acids is 2. The number of aryl methyl sites for hydroxylation is 1. The molecule has 0 radical (unpaired) electrons. The van der Waals surface area contributed by atoms with Gasteiger partial charge in [-0.05, 0) is 93.2 Å². The van der Waals surface area contributed by atoms with E-state index in [1.807, 2.05) is 31.6 Å². The van der Waals surface area contributed by atoms with Crippen molar-refractivity contribution >= 4 is 70.4 Å². The van der Waals surface area contributed by atoms with E-state index in [0.29, 0.717) is 57.7 Å². The average Bonchev–Trinajstić information content (AvgIpc) is 4.04. The summed E-state index contributed by atoms with van der Waals surface area (Å²) >= 11 is 6.65. The number of anilines is 6. The Morgan fingerprint density at radius 1 is 0.906 bits per heavy atom. The molecule has 3 aliphatic heterocycles. The zero-order valence-corrected chi connectivity index (χ0v) is 38.4. The normalized spacial score (nSPS) is 18.9. The quantitative estimate of drug-likeness (QED) is 0.0781. The molecular formula is C47H55ClFN10O4P. The fraction of sp³-hybridized carbons (Fsp3) is 0.426. The van der Waals surface area contributed by atoms with Crippen LogP contribution in [0.5, 0.6) is 5.75 Å². The minimum atomic E-state index is -2.63. The van der Waals surface area contributed by atoms with Crippen molar-refractivity contribution in [2.45, 2.75) is 50.4 Å². The van der Waals surface area contributed by atoms with Gasteiger partial charge in [0.1, 0.15) is 23.7 Å². The monoisotopic (exact) mass is 908 g/mol. The summed E-state index contributed by atoms with van der Waals surface area (Å²) < 4.78 is 36.5. The van der Waals surface area contributed by atoms with Crippen LogP contribution in [-0.2, 0) is 21.2 Å². The summed E-state index contributed by atoms with van der Waals surface area (Å²) in [6.07, 6.45) is 10.4. The lowest BCUT2D eigenvalue weighted by atomic mass is 9.90. The predicted molar refractivity (Wildman–Crippen MR) is 251 cm³/mol. The molecule has 5 heterocycles. The molecule has 4 fully saturated rings. The second-order valence-electron chi connectivity index (χ2n) is 17.9. The van der Waals surface area contributed by atoms with Gasteiger partial charge >= 0.3 is 0 Å². The maximum Gasteiger partial charge on any atom is 0.234 e. The van der Waals surface area contributed by atoms with E-state index in [1.165, 1.54) is 11.6 Å². The van der Waals surface area contributed by atoms with E-state index >= 15 is 4.39 Å². The molecule has 1 atom stereocenters. The Bertz CT molecular complexity index is 2620. The number of ether oxygens (including phenoxy) is 1. The number of piperidine rings is 2. The average molecular weight is 909 g/mol. The molecule has 5 aromatic rings. The molecule has 9 rings (SSSR count). The first-order valence-corrected chi connectivity index (χ1v) is 25.1. The van der Waals surface area contributed by atoms with Crippen LogP contribution in [0.15, 0.2) is 67.1 Å². The summed E-state index contributed by atoms with van der Waals surface area (Å²) in [6.45, 7) is 9.69. The number of rotatable bonds is 13. The Kier molecular flexibility index (Phi) is 12.4. The number of carbonyl (C=O) groups is 2. The zero-order valence-electron chi connectivity index (χ0n) is 36.7. The van der Waals surface area contributed by atoms with E-state index in [0.717, 1.165) is 99.3 Å². The van der Waals surface area contributed by atoms with Crippen LogP contribution in [0, 0.1) is 11.7 Å². The van der Waals surface area contributed by atoms with Crippen molar-refractivity contribution in [1.82, 2.24) is 30.0 Å². The highest BCUT2D eigenvalue weighted by molar-refractivity contribution is 7.70. The molecule has 17 heteroatoms. The van der Waals surface area contributed by atoms with Crippen LogP contribution in [0.25, 0.3) is 11.1 Å². The minimum absolute atomic E-state index is 0.218. The zero-order chi connectivity index (χ0) is 44.7. The van der Waals surface area contributed by atoms with Crippen LogP contribution >= 0.6 is 18.7 Å². The van der Waals surface area contributed by atoms with Crippen molar-refractivity contribution < 1.29 is 23.3 Å². The topological polar surface area (TPSA) is 150 Å². The van der Waals surface area contributed by atoms with Gasteiger partial charge < -0.3 is 29.7 Å². The minimum Gasteiger partial charge on any atom is -0.494 e. The number of imide groups is 1. The van der Waals surface area contributed by atoms with Gasteiger partial charge in [-0.1, -0.05) is 23.7 Å². The second kappa shape index (κ2) is 18.2. The molecule has 0 spiro atoms. The number of nitrogens with zero attached hydrogens (tertiary/aromatic N) is 7. The van der Waals surface area contributed by atoms with E-state index in [9.17, 15) is 14.2 Å². The molecule has 64 heavy (non-hydrogen) atoms. The van der Waals surface area contributed by atoms with Gasteiger partial charge in [-0.2, -0.15) is 10.1 Å². The van der Waals surface area contributed by atoms with Gasteiger partial charge in [0.15, 0.2) is 5.82 Å². The largest absolute Gasteiger partial charge is 0.494 e. The first kappa shape index (κ1) is 43.7. The smallest absolute Gasteiger partial charge is 0.234 e. The van der Waals surface area contributed by atoms with Gasteiger partial charge in [0.25, 0.3) is 0 Å². The third kappa shape index (κ3) is 9.62. The van der Waals surface area contributed by atoms with E-state index in [4.69, 9.17) is 21.3 Å². The van der Waals surface area contributed by atoms with Gasteiger partial charge in [0.2, 0.25) is 17.8 Å². The molecule has 2 aromatic heterocycles. The molecule has 1 aliphatic carbocycles. The number of aromatic nitrogens is 4. The standard InChI is InChI=1S/C47H55ClFN10O4P/c1-56-28-32(25-51-56)36-23-40(53-47-50-26-37(48)45(55-47)52-39-11-7-31(30-5-6-30)21-43(39)64(3,4)62)42(63-2)24-41(36)59-15-13-29(14-16-59)27-57-17-19-58(20-18-57)33-8-9-34(38(49)22-33)35-10-12-44(60)54-46(35)61/h7-9,11,21-26,28-30,35H,5-6,10,12-20,27H2,1-4H3,(H,54,60,61)(H2,50,52,53,55). The maximum atomic E-state index is 15.3. The Morgan fingerprint density at radius 3 is 2.36 bits per heavy atom. The number of piperazine rings is 1. The molecule has 1 unspecified atom stereocenters. The number of methoxy groups -OCH3 is 1. The molecule has 3 aromatic carbocycles. The predicted octanol–water partition coefficient (Wildman–Crippen LogP) is 7.85. The lowest BCUT2D eigenvalue weighted by molar-refractivity contribution is -0.134. The Hall–Kier alpha value is -5.50. The number of benzene rings is 3. The summed E-state index contributed by atoms with van der Waals surface area (Å²) in [6, 6.07) is 15.4. The van der Waals surface area contributed by atoms with Gasteiger partial charge in [0, 0.05) is 105 Å². The lowest BCUT2D eigenvalue weighted by Gasteiger charge is -2.40. The molecular weight excluding hydrogens is 854 g/mol. The van der Waals surface area contributed by atoms with Gasteiger partial charge in [0.05, 0.1) is 36.8 Å². The Balaban J connectivity index is 0.857. The summed E-state index contributed by atoms with van der Waals surface area (Å²) in [5.41, 5.74) is 6.80. The van der Waals surface area contributed by atoms with Crippen molar-refractivity contribution in [3.63, 3.8) is 0 Å². The van der Waals surface area contributed by atoms with Gasteiger partial charge in [-0.25, -0.2) is 9.37 Å². The van der Waals surface area contributed by atoms with E-state index in [1.54, 1.807) is 37.4 Å². The van der Waals surface area contributed by atoms with Crippen molar-refractivity contribution in [2.24, 2.45) is 13.0 Å². The summed E-state index contributed by atoms with van der Waals surface area (Å²) in [5.74, 6) is 0.649. The van der Waals surface area contributed by atoms with Crippen LogP contribution < -0.4 is 35.8 Å². The molecule has 14 nitrogen and oxygen atoms in total. The van der Waals surface area contributed by atoms with Crippen molar-refractivity contribution in [3.05, 3.63) is 89.1 Å². The van der Waals surface area contributed by atoms with Crippen molar-refractivity contribution in [3.8, 4) is 16.9 Å². The third-order valence-corrected chi connectivity index (χ3v) is 14.8. The SMILES string of the molecule is COc1cc(N2CCC(CN3CCN(c4ccc(C5CCC(=O)NC5=O)c(F)c4)CC3)CC2)c(-c2cnn(C)c2)cc1Nc1ncc(Cl)c(Nc2ccc(C3CC3)cc2P(C)(C)=O)n1. The second-order valence-corrected chi connectivity index (χ2v) is 21.5. The van der Waals surface area contributed by atoms with E-state index in [-0.39, 0.29) is 12.3 Å². The van der Waals surface area contributed by atoms with Crippen molar-refractivity contribution in [2.75, 3.05) is 86.7 Å². The summed E-state index contributed by atoms with van der Waals surface area (Å²) in [5, 5.41) is 14.7. The van der Waals surface area contributed by atoms with Crippen LogP contribution in [0.3, 0.4) is 0 Å². The van der Waals surface area contributed by atoms with Crippen LogP contribution in [0.2, 0.25) is 5.02 Å². The van der Waals surface area contributed by atoms with Gasteiger partial charge in [-0.3, -0.25) is 24.5 Å². The highest BCUT2D eigenvalue weighted by Gasteiger charge is 2.32. The van der Waals surface area contributed by atoms with Crippen LogP contribution in [-0.4, -0.2) is 103 Å². The lowest BCUT2D eigenvalue weighted by Crippen LogP contribution is -2.49. The molecule has 1 saturated carbocycles. The highest BCUT2D eigenvalue weighted by atomic mass is 35.5. The first-order chi connectivity index (χ1) is 30.8. The maximum absolute atomic E-state index is 15.3. The number of nitrogens with one attached hydrogen (secondary N) is 3. The highest BCUT2D eigenvalue weighted by Crippen LogP contribution is 2.45. The molecule has 3 N–H and O–H groups in total. The first-order valence-electron chi connectivity index (χ1n) is 22.1. The number of hydrogen-bond acceptors (Lipinski definition) is 12. The summed E-state index contributed by atoms with van der Waals surface area (Å²) in [4.78, 5) is 40.4. The fourth-order valence-corrected chi connectivity index (χ4v) is 10.6. The molecule has 3 saturated heterocycles. The molecule has 336 valence electrons. The van der Waals surface area contributed by atoms with Crippen LogP contribution in [0.4, 0.5) is 38.9 Å². The molecule has 2 amide bonds. The fourth-order valence-electron chi connectivity index (χ4n) is 9.32. The van der Waals surface area contributed by atoms with E-state index in [2.05, 4.69) is 65.0 Å². The third-order valence-electron chi connectivity index (χ3n) is 13.0. The number of halogens is 2. The Labute approximate surface area is 378 Å². The van der Waals surface area contributed by atoms with Crippen LogP contribution in [0.1, 0.15) is 61.5 Å². The molecule has 4 aliphatic rings.